The number of thiazole rings is 1. The molecule has 0 unspecified atom stereocenters. The Kier molecular flexibility index (Phi) is 7.47. The van der Waals surface area contributed by atoms with Crippen LogP contribution >= 0.6 is 11.3 Å². The monoisotopic (exact) mass is 488 g/mol. The molecule has 0 aliphatic carbocycles. The van der Waals surface area contributed by atoms with Crippen molar-refractivity contribution in [1.82, 2.24) is 15.0 Å². The second-order valence-corrected chi connectivity index (χ2v) is 8.74. The van der Waals surface area contributed by atoms with Crippen molar-refractivity contribution in [2.24, 2.45) is 5.92 Å². The fourth-order valence-corrected chi connectivity index (χ4v) is 4.58. The lowest BCUT2D eigenvalue weighted by Gasteiger charge is -2.21. The van der Waals surface area contributed by atoms with Gasteiger partial charge in [0, 0.05) is 35.9 Å². The van der Waals surface area contributed by atoms with Crippen molar-refractivity contribution in [1.29, 1.82) is 0 Å². The number of methoxy groups -OCH3 is 1. The molecule has 0 fully saturated rings. The first kappa shape index (κ1) is 24.0. The summed E-state index contributed by atoms with van der Waals surface area (Å²) < 4.78 is 5.05. The van der Waals surface area contributed by atoms with Crippen molar-refractivity contribution in [3.63, 3.8) is 0 Å². The van der Waals surface area contributed by atoms with Crippen molar-refractivity contribution in [3.05, 3.63) is 77.9 Å². The lowest BCUT2D eigenvalue weighted by atomic mass is 9.95. The molecule has 0 saturated heterocycles. The molecule has 1 N–H and O–H groups in total. The van der Waals surface area contributed by atoms with E-state index in [9.17, 15) is 14.7 Å². The Bertz CT molecular complexity index is 1310. The van der Waals surface area contributed by atoms with Crippen LogP contribution in [0.5, 0.6) is 6.01 Å². The Morgan fingerprint density at radius 1 is 1.03 bits per heavy atom. The maximum atomic E-state index is 13.3. The maximum Gasteiger partial charge on any atom is 0.316 e. The Labute approximate surface area is 206 Å². The molecule has 2 heterocycles. The summed E-state index contributed by atoms with van der Waals surface area (Å²) in [7, 11) is 3.15. The zero-order valence-electron chi connectivity index (χ0n) is 19.3. The second kappa shape index (κ2) is 10.9. The molecule has 0 bridgehead atoms. The SMILES string of the molecule is COc1ncc(-c2ccccc2-c2csc(N(C)C(=O)[C@@H](CC(=O)O)Cc3ccccc3)n2)cn1. The van der Waals surface area contributed by atoms with E-state index in [-0.39, 0.29) is 18.3 Å². The van der Waals surface area contributed by atoms with Crippen molar-refractivity contribution < 1.29 is 19.4 Å². The van der Waals surface area contributed by atoms with Crippen LogP contribution in [0.4, 0.5) is 5.13 Å². The molecule has 1 atom stereocenters. The van der Waals surface area contributed by atoms with E-state index in [4.69, 9.17) is 9.72 Å². The summed E-state index contributed by atoms with van der Waals surface area (Å²) in [5, 5.41) is 11.8. The lowest BCUT2D eigenvalue weighted by Crippen LogP contribution is -2.35. The molecule has 178 valence electrons. The summed E-state index contributed by atoms with van der Waals surface area (Å²) in [6.07, 6.45) is 3.47. The quantitative estimate of drug-likeness (QED) is 0.368. The van der Waals surface area contributed by atoms with E-state index in [2.05, 4.69) is 9.97 Å². The molecular weight excluding hydrogens is 464 g/mol. The summed E-state index contributed by atoms with van der Waals surface area (Å²) in [4.78, 5) is 39.3. The normalized spacial score (nSPS) is 11.6. The standard InChI is InChI=1S/C26H24N4O4S/c1-30(24(33)18(13-23(31)32)12-17-8-4-3-5-9-17)26-29-22(16-35-26)21-11-7-6-10-20(21)19-14-27-25(34-2)28-15-19/h3-11,14-16,18H,12-13H2,1-2H3,(H,31,32)/t18-/m1/s1. The van der Waals surface area contributed by atoms with E-state index in [1.54, 1.807) is 19.4 Å². The van der Waals surface area contributed by atoms with Gasteiger partial charge in [-0.05, 0) is 17.5 Å². The van der Waals surface area contributed by atoms with Gasteiger partial charge in [-0.2, -0.15) is 0 Å². The van der Waals surface area contributed by atoms with Crippen LogP contribution in [0.25, 0.3) is 22.4 Å². The summed E-state index contributed by atoms with van der Waals surface area (Å²) in [5.74, 6) is -1.99. The fraction of sp³-hybridized carbons (Fsp3) is 0.192. The maximum absolute atomic E-state index is 13.3. The van der Waals surface area contributed by atoms with Crippen molar-refractivity contribution in [2.45, 2.75) is 12.8 Å². The minimum Gasteiger partial charge on any atom is -0.481 e. The first-order valence-electron chi connectivity index (χ1n) is 10.9. The molecule has 0 aliphatic rings. The molecule has 0 radical (unpaired) electrons. The van der Waals surface area contributed by atoms with Gasteiger partial charge in [0.15, 0.2) is 5.13 Å². The number of rotatable bonds is 9. The van der Waals surface area contributed by atoms with E-state index >= 15 is 0 Å². The minimum atomic E-state index is -1.01. The van der Waals surface area contributed by atoms with Gasteiger partial charge < -0.3 is 9.84 Å². The minimum absolute atomic E-state index is 0.253. The van der Waals surface area contributed by atoms with Crippen LogP contribution in [0.1, 0.15) is 12.0 Å². The lowest BCUT2D eigenvalue weighted by molar-refractivity contribution is -0.140. The predicted molar refractivity (Wildman–Crippen MR) is 134 cm³/mol. The first-order valence-corrected chi connectivity index (χ1v) is 11.8. The Morgan fingerprint density at radius 3 is 2.34 bits per heavy atom. The smallest absolute Gasteiger partial charge is 0.316 e. The van der Waals surface area contributed by atoms with Crippen LogP contribution in [-0.2, 0) is 16.0 Å². The molecule has 2 aromatic carbocycles. The number of benzene rings is 2. The van der Waals surface area contributed by atoms with Crippen LogP contribution < -0.4 is 9.64 Å². The molecule has 0 saturated carbocycles. The summed E-state index contributed by atoms with van der Waals surface area (Å²) in [6.45, 7) is 0. The van der Waals surface area contributed by atoms with E-state index in [0.29, 0.717) is 17.2 Å². The summed E-state index contributed by atoms with van der Waals surface area (Å²) in [6, 6.07) is 17.4. The van der Waals surface area contributed by atoms with Crippen LogP contribution in [-0.4, -0.2) is 46.1 Å². The fourth-order valence-electron chi connectivity index (χ4n) is 3.79. The van der Waals surface area contributed by atoms with Crippen LogP contribution in [0.2, 0.25) is 0 Å². The largest absolute Gasteiger partial charge is 0.481 e. The van der Waals surface area contributed by atoms with Gasteiger partial charge in [-0.15, -0.1) is 11.3 Å². The van der Waals surface area contributed by atoms with Crippen LogP contribution in [0.15, 0.2) is 72.4 Å². The average molecular weight is 489 g/mol. The molecule has 4 rings (SSSR count). The number of aromatic nitrogens is 3. The molecule has 0 aliphatic heterocycles. The molecule has 2 aromatic heterocycles. The molecule has 0 spiro atoms. The van der Waals surface area contributed by atoms with Gasteiger partial charge in [0.2, 0.25) is 5.91 Å². The average Bonchev–Trinajstić information content (AvgIpc) is 3.38. The third-order valence-corrected chi connectivity index (χ3v) is 6.45. The summed E-state index contributed by atoms with van der Waals surface area (Å²) >= 11 is 1.33. The van der Waals surface area contributed by atoms with Crippen molar-refractivity contribution >= 4 is 28.3 Å². The molecular formula is C26H24N4O4S. The van der Waals surface area contributed by atoms with Crippen LogP contribution in [0.3, 0.4) is 0 Å². The van der Waals surface area contributed by atoms with E-state index in [1.807, 2.05) is 60.0 Å². The highest BCUT2D eigenvalue weighted by molar-refractivity contribution is 7.14. The molecule has 8 nitrogen and oxygen atoms in total. The Balaban J connectivity index is 1.59. The zero-order chi connectivity index (χ0) is 24.8. The first-order chi connectivity index (χ1) is 17.0. The van der Waals surface area contributed by atoms with Gasteiger partial charge in [-0.1, -0.05) is 54.6 Å². The van der Waals surface area contributed by atoms with Crippen LogP contribution in [0, 0.1) is 5.92 Å². The number of carbonyl (C=O) groups is 2. The second-order valence-electron chi connectivity index (χ2n) is 7.90. The number of amides is 1. The number of hydrogen-bond acceptors (Lipinski definition) is 7. The number of nitrogens with zero attached hydrogens (tertiary/aromatic N) is 4. The highest BCUT2D eigenvalue weighted by Crippen LogP contribution is 2.34. The highest BCUT2D eigenvalue weighted by Gasteiger charge is 2.27. The van der Waals surface area contributed by atoms with Crippen molar-refractivity contribution in [3.8, 4) is 28.4 Å². The van der Waals surface area contributed by atoms with Gasteiger partial charge in [0.05, 0.1) is 25.1 Å². The van der Waals surface area contributed by atoms with Gasteiger partial charge in [-0.25, -0.2) is 15.0 Å². The predicted octanol–water partition coefficient (Wildman–Crippen LogP) is 4.57. The van der Waals surface area contributed by atoms with Gasteiger partial charge in [0.25, 0.3) is 0 Å². The number of carbonyl (C=O) groups excluding carboxylic acids is 1. The number of carboxylic acids is 1. The number of aliphatic carboxylic acids is 1. The molecule has 35 heavy (non-hydrogen) atoms. The number of anilines is 1. The third-order valence-electron chi connectivity index (χ3n) is 5.53. The van der Waals surface area contributed by atoms with Crippen molar-refractivity contribution in [2.75, 3.05) is 19.1 Å². The number of ether oxygens (including phenoxy) is 1. The highest BCUT2D eigenvalue weighted by atomic mass is 32.1. The number of carboxylic acid groups (broad SMARTS) is 1. The topological polar surface area (TPSA) is 106 Å². The van der Waals surface area contributed by atoms with Gasteiger partial charge >= 0.3 is 12.0 Å². The Hall–Kier alpha value is -4.11. The van der Waals surface area contributed by atoms with Gasteiger partial charge in [0.1, 0.15) is 0 Å². The molecule has 4 aromatic rings. The van der Waals surface area contributed by atoms with E-state index in [1.165, 1.54) is 23.3 Å². The third kappa shape index (κ3) is 5.70. The number of hydrogen-bond donors (Lipinski definition) is 1. The summed E-state index contributed by atoms with van der Waals surface area (Å²) in [5.41, 5.74) is 4.19. The zero-order valence-corrected chi connectivity index (χ0v) is 20.1. The van der Waals surface area contributed by atoms with E-state index in [0.717, 1.165) is 22.3 Å². The molecule has 9 heteroatoms. The molecule has 1 amide bonds. The van der Waals surface area contributed by atoms with E-state index < -0.39 is 11.9 Å². The van der Waals surface area contributed by atoms with Gasteiger partial charge in [-0.3, -0.25) is 14.5 Å². The Morgan fingerprint density at radius 2 is 1.69 bits per heavy atom.